The average molecular weight is 256 g/mol. The first-order valence-electron chi connectivity index (χ1n) is 6.26. The van der Waals surface area contributed by atoms with E-state index < -0.39 is 23.1 Å². The zero-order valence-corrected chi connectivity index (χ0v) is 12.2. The minimum absolute atomic E-state index is 0.520. The van der Waals surface area contributed by atoms with Crippen LogP contribution in [0.1, 0.15) is 54.4 Å². The second kappa shape index (κ2) is 6.57. The number of carbonyl (C=O) groups excluding carboxylic acids is 2. The molecule has 0 atom stereocenters. The summed E-state index contributed by atoms with van der Waals surface area (Å²) in [5, 5.41) is 0. The fraction of sp³-hybridized carbons (Fsp3) is 0.714. The molecule has 0 unspecified atom stereocenters. The van der Waals surface area contributed by atoms with Gasteiger partial charge in [-0.25, -0.2) is 9.59 Å². The van der Waals surface area contributed by atoms with Gasteiger partial charge in [-0.1, -0.05) is 13.8 Å². The van der Waals surface area contributed by atoms with Gasteiger partial charge in [0.1, 0.15) is 11.2 Å². The summed E-state index contributed by atoms with van der Waals surface area (Å²) >= 11 is 0. The van der Waals surface area contributed by atoms with Crippen LogP contribution in [0.5, 0.6) is 0 Å². The third-order valence-corrected chi connectivity index (χ3v) is 2.81. The van der Waals surface area contributed by atoms with E-state index in [4.69, 9.17) is 9.47 Å². The highest BCUT2D eigenvalue weighted by atomic mass is 16.6. The van der Waals surface area contributed by atoms with E-state index in [0.717, 1.165) is 12.2 Å². The highest BCUT2D eigenvalue weighted by molar-refractivity contribution is 5.91. The highest BCUT2D eigenvalue weighted by Gasteiger charge is 2.20. The third kappa shape index (κ3) is 7.09. The molecule has 104 valence electrons. The van der Waals surface area contributed by atoms with Crippen molar-refractivity contribution >= 4 is 11.9 Å². The molecule has 0 saturated carbocycles. The molecule has 0 aromatic carbocycles. The number of ether oxygens (including phenoxy) is 2. The maximum atomic E-state index is 11.4. The lowest BCUT2D eigenvalue weighted by atomic mass is 10.1. The van der Waals surface area contributed by atoms with E-state index in [1.807, 2.05) is 41.5 Å². The molecule has 0 aliphatic carbocycles. The zero-order chi connectivity index (χ0) is 14.4. The molecular formula is C14H24O4. The van der Waals surface area contributed by atoms with Gasteiger partial charge in [0, 0.05) is 12.2 Å². The second-order valence-electron chi connectivity index (χ2n) is 5.40. The van der Waals surface area contributed by atoms with Crippen molar-refractivity contribution in [2.45, 2.75) is 65.6 Å². The summed E-state index contributed by atoms with van der Waals surface area (Å²) in [6, 6.07) is 0. The van der Waals surface area contributed by atoms with Crippen LogP contribution in [-0.2, 0) is 19.1 Å². The quantitative estimate of drug-likeness (QED) is 0.541. The first-order chi connectivity index (χ1) is 8.12. The summed E-state index contributed by atoms with van der Waals surface area (Å²) in [7, 11) is 0. The molecule has 0 radical (unpaired) electrons. The Labute approximate surface area is 109 Å². The summed E-state index contributed by atoms with van der Waals surface area (Å²) in [4.78, 5) is 22.9. The molecule has 0 aliphatic heterocycles. The molecular weight excluding hydrogens is 232 g/mol. The molecule has 0 amide bonds. The molecule has 0 bridgehead atoms. The van der Waals surface area contributed by atoms with Crippen LogP contribution in [0.15, 0.2) is 12.2 Å². The van der Waals surface area contributed by atoms with Crippen molar-refractivity contribution in [3.05, 3.63) is 12.2 Å². The first kappa shape index (κ1) is 16.7. The van der Waals surface area contributed by atoms with Crippen molar-refractivity contribution in [1.29, 1.82) is 0 Å². The van der Waals surface area contributed by atoms with E-state index in [1.54, 1.807) is 0 Å². The van der Waals surface area contributed by atoms with Gasteiger partial charge in [0.25, 0.3) is 0 Å². The minimum atomic E-state index is -0.534. The fourth-order valence-corrected chi connectivity index (χ4v) is 0.893. The van der Waals surface area contributed by atoms with Crippen molar-refractivity contribution in [2.75, 3.05) is 0 Å². The van der Waals surface area contributed by atoms with E-state index in [9.17, 15) is 9.59 Å². The number of hydrogen-bond acceptors (Lipinski definition) is 4. The molecule has 4 nitrogen and oxygen atoms in total. The lowest BCUT2D eigenvalue weighted by Crippen LogP contribution is -2.27. The van der Waals surface area contributed by atoms with Crippen LogP contribution < -0.4 is 0 Å². The largest absolute Gasteiger partial charge is 0.457 e. The molecule has 0 heterocycles. The molecule has 0 fully saturated rings. The molecule has 4 heteroatoms. The third-order valence-electron chi connectivity index (χ3n) is 2.81. The van der Waals surface area contributed by atoms with Crippen LogP contribution in [0.2, 0.25) is 0 Å². The van der Waals surface area contributed by atoms with Crippen molar-refractivity contribution in [1.82, 2.24) is 0 Å². The Hall–Kier alpha value is -1.32. The Kier molecular flexibility index (Phi) is 6.09. The molecule has 0 aliphatic rings. The Balaban J connectivity index is 4.32. The van der Waals surface area contributed by atoms with Crippen molar-refractivity contribution in [2.24, 2.45) is 0 Å². The Morgan fingerprint density at radius 3 is 1.33 bits per heavy atom. The van der Waals surface area contributed by atoms with Gasteiger partial charge >= 0.3 is 11.9 Å². The zero-order valence-electron chi connectivity index (χ0n) is 12.2. The van der Waals surface area contributed by atoms with Crippen LogP contribution in [0, 0.1) is 0 Å². The van der Waals surface area contributed by atoms with E-state index in [-0.39, 0.29) is 0 Å². The standard InChI is InChI=1S/C14H24O4/c1-7-13(3,4)17-11(15)9-10-12(16)18-14(5,6)8-2/h9-10H,7-8H2,1-6H3. The maximum absolute atomic E-state index is 11.4. The van der Waals surface area contributed by atoms with Gasteiger partial charge in [0.15, 0.2) is 0 Å². The predicted octanol–water partition coefficient (Wildman–Crippen LogP) is 3.01. The number of carbonyl (C=O) groups is 2. The first-order valence-corrected chi connectivity index (χ1v) is 6.26. The van der Waals surface area contributed by atoms with E-state index in [2.05, 4.69) is 0 Å². The number of hydrogen-bond donors (Lipinski definition) is 0. The maximum Gasteiger partial charge on any atom is 0.331 e. The van der Waals surface area contributed by atoms with Gasteiger partial charge in [0.2, 0.25) is 0 Å². The summed E-state index contributed by atoms with van der Waals surface area (Å²) in [5.41, 5.74) is -1.04. The van der Waals surface area contributed by atoms with Gasteiger partial charge in [-0.2, -0.15) is 0 Å². The van der Waals surface area contributed by atoms with E-state index in [0.29, 0.717) is 12.8 Å². The van der Waals surface area contributed by atoms with Crippen molar-refractivity contribution in [3.63, 3.8) is 0 Å². The van der Waals surface area contributed by atoms with Gasteiger partial charge in [-0.15, -0.1) is 0 Å². The average Bonchev–Trinajstić information content (AvgIpc) is 2.25. The minimum Gasteiger partial charge on any atom is -0.457 e. The molecule has 18 heavy (non-hydrogen) atoms. The molecule has 0 aromatic heterocycles. The Bertz CT molecular complexity index is 295. The summed E-state index contributed by atoms with van der Waals surface area (Å²) < 4.78 is 10.3. The summed E-state index contributed by atoms with van der Waals surface area (Å²) in [6.07, 6.45) is 3.62. The van der Waals surface area contributed by atoms with Gasteiger partial charge < -0.3 is 9.47 Å². The Morgan fingerprint density at radius 1 is 0.833 bits per heavy atom. The Morgan fingerprint density at radius 2 is 1.11 bits per heavy atom. The molecule has 0 spiro atoms. The summed E-state index contributed by atoms with van der Waals surface area (Å²) in [5.74, 6) is -1.07. The lowest BCUT2D eigenvalue weighted by molar-refractivity contribution is -0.153. The highest BCUT2D eigenvalue weighted by Crippen LogP contribution is 2.15. The normalized spacial score (nSPS) is 12.6. The fourth-order valence-electron chi connectivity index (χ4n) is 0.893. The van der Waals surface area contributed by atoms with Crippen LogP contribution in [0.3, 0.4) is 0 Å². The van der Waals surface area contributed by atoms with Crippen LogP contribution in [0.4, 0.5) is 0 Å². The molecule has 0 rings (SSSR count). The molecule has 0 aromatic rings. The van der Waals surface area contributed by atoms with Crippen LogP contribution in [0.25, 0.3) is 0 Å². The smallest absolute Gasteiger partial charge is 0.331 e. The van der Waals surface area contributed by atoms with Crippen molar-refractivity contribution in [3.8, 4) is 0 Å². The molecule has 0 N–H and O–H groups in total. The van der Waals surface area contributed by atoms with E-state index in [1.165, 1.54) is 0 Å². The monoisotopic (exact) mass is 256 g/mol. The predicted molar refractivity (Wildman–Crippen MR) is 70.1 cm³/mol. The van der Waals surface area contributed by atoms with E-state index >= 15 is 0 Å². The lowest BCUT2D eigenvalue weighted by Gasteiger charge is -2.23. The van der Waals surface area contributed by atoms with Gasteiger partial charge in [0.05, 0.1) is 0 Å². The van der Waals surface area contributed by atoms with Crippen LogP contribution >= 0.6 is 0 Å². The van der Waals surface area contributed by atoms with Crippen molar-refractivity contribution < 1.29 is 19.1 Å². The number of rotatable bonds is 6. The number of esters is 2. The topological polar surface area (TPSA) is 52.6 Å². The summed E-state index contributed by atoms with van der Waals surface area (Å²) in [6.45, 7) is 11.1. The second-order valence-corrected chi connectivity index (χ2v) is 5.40. The SMILES string of the molecule is CCC(C)(C)OC(=O)C=CC(=O)OC(C)(C)CC. The van der Waals surface area contributed by atoms with Crippen LogP contribution in [-0.4, -0.2) is 23.1 Å². The van der Waals surface area contributed by atoms with Gasteiger partial charge in [-0.05, 0) is 40.5 Å². The van der Waals surface area contributed by atoms with Gasteiger partial charge in [-0.3, -0.25) is 0 Å². The molecule has 0 saturated heterocycles.